The lowest BCUT2D eigenvalue weighted by molar-refractivity contribution is 0.122. The van der Waals surface area contributed by atoms with Crippen molar-refractivity contribution in [3.05, 3.63) is 41.5 Å². The molecule has 1 fully saturated rings. The molecule has 0 spiro atoms. The van der Waals surface area contributed by atoms with Gasteiger partial charge in [-0.25, -0.2) is 9.97 Å². The Bertz CT molecular complexity index is 996. The van der Waals surface area contributed by atoms with Crippen molar-refractivity contribution in [1.82, 2.24) is 15.0 Å². The first-order valence-electron chi connectivity index (χ1n) is 8.69. The Morgan fingerprint density at radius 2 is 2.04 bits per heavy atom. The molecule has 0 bridgehead atoms. The molecule has 1 atom stereocenters. The standard InChI is InChI=1S/C19H20N4O3S/c1-11(24)13-7-14(10-20-9-13)18-21-15-8-16(12(2)25)27-17(15)19(22-18)23-3-5-26-6-4-23/h7-11,24-25H,2-6H2,1H3. The first-order chi connectivity index (χ1) is 13.0. The Morgan fingerprint density at radius 1 is 1.26 bits per heavy atom. The highest BCUT2D eigenvalue weighted by Crippen LogP contribution is 2.36. The number of ether oxygens (including phenoxy) is 1. The van der Waals surface area contributed by atoms with Crippen LogP contribution in [0.15, 0.2) is 31.1 Å². The molecule has 4 rings (SSSR count). The second-order valence-corrected chi connectivity index (χ2v) is 7.48. The Morgan fingerprint density at radius 3 is 2.74 bits per heavy atom. The van der Waals surface area contributed by atoms with Gasteiger partial charge in [0.25, 0.3) is 0 Å². The minimum Gasteiger partial charge on any atom is -0.507 e. The SMILES string of the molecule is C=C(O)c1cc2nc(-c3cncc(C(C)O)c3)nc(N3CCOCC3)c2s1. The van der Waals surface area contributed by atoms with E-state index in [2.05, 4.69) is 21.4 Å². The van der Waals surface area contributed by atoms with Gasteiger partial charge in [0.1, 0.15) is 5.76 Å². The minimum absolute atomic E-state index is 0.0187. The molecule has 1 aliphatic rings. The normalized spacial score (nSPS) is 15.9. The summed E-state index contributed by atoms with van der Waals surface area (Å²) in [5.74, 6) is 1.37. The fourth-order valence-electron chi connectivity index (χ4n) is 2.98. The molecule has 0 aromatic carbocycles. The van der Waals surface area contributed by atoms with Crippen molar-refractivity contribution >= 4 is 33.1 Å². The summed E-state index contributed by atoms with van der Waals surface area (Å²) < 4.78 is 6.37. The van der Waals surface area contributed by atoms with E-state index in [0.717, 1.165) is 34.7 Å². The van der Waals surface area contributed by atoms with Crippen molar-refractivity contribution in [1.29, 1.82) is 0 Å². The summed E-state index contributed by atoms with van der Waals surface area (Å²) in [5.41, 5.74) is 2.19. The number of aromatic nitrogens is 3. The molecular weight excluding hydrogens is 364 g/mol. The third kappa shape index (κ3) is 3.51. The molecule has 140 valence electrons. The average molecular weight is 384 g/mol. The van der Waals surface area contributed by atoms with Gasteiger partial charge in [-0.2, -0.15) is 0 Å². The third-order valence-electron chi connectivity index (χ3n) is 4.45. The van der Waals surface area contributed by atoms with Gasteiger partial charge < -0.3 is 19.8 Å². The van der Waals surface area contributed by atoms with Gasteiger partial charge in [-0.3, -0.25) is 4.98 Å². The van der Waals surface area contributed by atoms with Gasteiger partial charge in [-0.15, -0.1) is 11.3 Å². The zero-order valence-corrected chi connectivity index (χ0v) is 15.7. The number of rotatable bonds is 4. The Kier molecular flexibility index (Phi) is 4.77. The summed E-state index contributed by atoms with van der Waals surface area (Å²) >= 11 is 1.42. The maximum absolute atomic E-state index is 9.85. The van der Waals surface area contributed by atoms with E-state index in [1.807, 2.05) is 12.1 Å². The Labute approximate surface area is 160 Å². The highest BCUT2D eigenvalue weighted by atomic mass is 32.1. The second-order valence-electron chi connectivity index (χ2n) is 6.42. The van der Waals surface area contributed by atoms with E-state index in [0.29, 0.717) is 29.5 Å². The number of anilines is 1. The monoisotopic (exact) mass is 384 g/mol. The zero-order valence-electron chi connectivity index (χ0n) is 14.9. The van der Waals surface area contributed by atoms with Gasteiger partial charge in [-0.1, -0.05) is 6.58 Å². The van der Waals surface area contributed by atoms with Crippen LogP contribution < -0.4 is 4.90 Å². The quantitative estimate of drug-likeness (QED) is 0.668. The first kappa shape index (κ1) is 17.8. The van der Waals surface area contributed by atoms with Crippen LogP contribution in [-0.4, -0.2) is 51.5 Å². The van der Waals surface area contributed by atoms with Crippen molar-refractivity contribution in [2.24, 2.45) is 0 Å². The fraction of sp³-hybridized carbons (Fsp3) is 0.316. The molecule has 8 heteroatoms. The van der Waals surface area contributed by atoms with Crippen LogP contribution in [0, 0.1) is 0 Å². The van der Waals surface area contributed by atoms with Gasteiger partial charge in [0.15, 0.2) is 11.6 Å². The minimum atomic E-state index is -0.620. The van der Waals surface area contributed by atoms with Crippen molar-refractivity contribution < 1.29 is 14.9 Å². The molecule has 1 aliphatic heterocycles. The number of aliphatic hydroxyl groups excluding tert-OH is 2. The van der Waals surface area contributed by atoms with E-state index in [4.69, 9.17) is 9.72 Å². The maximum Gasteiger partial charge on any atom is 0.163 e. The molecule has 27 heavy (non-hydrogen) atoms. The van der Waals surface area contributed by atoms with E-state index >= 15 is 0 Å². The van der Waals surface area contributed by atoms with E-state index in [1.54, 1.807) is 19.3 Å². The van der Waals surface area contributed by atoms with Gasteiger partial charge in [0.05, 0.1) is 34.4 Å². The van der Waals surface area contributed by atoms with E-state index in [1.165, 1.54) is 11.3 Å². The second kappa shape index (κ2) is 7.22. The van der Waals surface area contributed by atoms with Gasteiger partial charge in [0.2, 0.25) is 0 Å². The van der Waals surface area contributed by atoms with E-state index in [-0.39, 0.29) is 5.76 Å². The van der Waals surface area contributed by atoms with Crippen LogP contribution in [0.25, 0.3) is 27.4 Å². The lowest BCUT2D eigenvalue weighted by Crippen LogP contribution is -2.36. The van der Waals surface area contributed by atoms with Crippen LogP contribution in [0.5, 0.6) is 0 Å². The average Bonchev–Trinajstić information content (AvgIpc) is 3.12. The van der Waals surface area contributed by atoms with Crippen molar-refractivity contribution in [3.63, 3.8) is 0 Å². The van der Waals surface area contributed by atoms with Crippen LogP contribution >= 0.6 is 11.3 Å². The van der Waals surface area contributed by atoms with Crippen LogP contribution in [0.4, 0.5) is 5.82 Å². The topological polar surface area (TPSA) is 91.6 Å². The highest BCUT2D eigenvalue weighted by molar-refractivity contribution is 7.20. The molecule has 1 unspecified atom stereocenters. The molecular formula is C19H20N4O3S. The zero-order chi connectivity index (χ0) is 19.0. The van der Waals surface area contributed by atoms with Crippen LogP contribution in [0.3, 0.4) is 0 Å². The summed E-state index contributed by atoms with van der Waals surface area (Å²) in [6.07, 6.45) is 2.70. The smallest absolute Gasteiger partial charge is 0.163 e. The van der Waals surface area contributed by atoms with Gasteiger partial charge >= 0.3 is 0 Å². The molecule has 0 aliphatic carbocycles. The highest BCUT2D eigenvalue weighted by Gasteiger charge is 2.21. The number of hydrogen-bond donors (Lipinski definition) is 2. The third-order valence-corrected chi connectivity index (χ3v) is 5.62. The molecule has 2 N–H and O–H groups in total. The molecule has 3 aromatic rings. The van der Waals surface area contributed by atoms with Crippen molar-refractivity contribution in [2.45, 2.75) is 13.0 Å². The molecule has 7 nitrogen and oxygen atoms in total. The predicted octanol–water partition coefficient (Wildman–Crippen LogP) is 3.17. The number of hydrogen-bond acceptors (Lipinski definition) is 8. The first-order valence-corrected chi connectivity index (χ1v) is 9.50. The summed E-state index contributed by atoms with van der Waals surface area (Å²) in [6.45, 7) is 8.09. The number of morpholine rings is 1. The Balaban J connectivity index is 1.88. The lowest BCUT2D eigenvalue weighted by atomic mass is 10.1. The van der Waals surface area contributed by atoms with Crippen molar-refractivity contribution in [2.75, 3.05) is 31.2 Å². The number of fused-ring (bicyclic) bond motifs is 1. The Hall–Kier alpha value is -2.55. The van der Waals surface area contributed by atoms with Crippen LogP contribution in [-0.2, 0) is 4.74 Å². The van der Waals surface area contributed by atoms with Crippen LogP contribution in [0.1, 0.15) is 23.5 Å². The number of aliphatic hydroxyl groups is 2. The molecule has 1 saturated heterocycles. The summed E-state index contributed by atoms with van der Waals surface area (Å²) in [4.78, 5) is 16.5. The number of nitrogens with zero attached hydrogens (tertiary/aromatic N) is 4. The summed E-state index contributed by atoms with van der Waals surface area (Å²) in [6, 6.07) is 3.67. The van der Waals surface area contributed by atoms with Crippen LogP contribution in [0.2, 0.25) is 0 Å². The molecule has 0 radical (unpaired) electrons. The molecule has 3 aromatic heterocycles. The summed E-state index contributed by atoms with van der Waals surface area (Å²) in [5, 5.41) is 19.7. The summed E-state index contributed by atoms with van der Waals surface area (Å²) in [7, 11) is 0. The van der Waals surface area contributed by atoms with Gasteiger partial charge in [-0.05, 0) is 24.6 Å². The largest absolute Gasteiger partial charge is 0.507 e. The molecule has 0 amide bonds. The fourth-order valence-corrected chi connectivity index (χ4v) is 3.97. The number of thiophene rings is 1. The maximum atomic E-state index is 9.85. The van der Waals surface area contributed by atoms with E-state index < -0.39 is 6.10 Å². The van der Waals surface area contributed by atoms with Crippen molar-refractivity contribution in [3.8, 4) is 11.4 Å². The number of pyridine rings is 1. The van der Waals surface area contributed by atoms with E-state index in [9.17, 15) is 10.2 Å². The molecule has 0 saturated carbocycles. The predicted molar refractivity (Wildman–Crippen MR) is 106 cm³/mol. The lowest BCUT2D eigenvalue weighted by Gasteiger charge is -2.28. The van der Waals surface area contributed by atoms with Gasteiger partial charge in [0, 0.05) is 31.0 Å². The molecule has 4 heterocycles.